The molecule has 1 aliphatic heterocycles. The molecule has 2 rings (SSSR count). The van der Waals surface area contributed by atoms with Crippen molar-refractivity contribution in [1.29, 1.82) is 0 Å². The van der Waals surface area contributed by atoms with Crippen molar-refractivity contribution in [3.63, 3.8) is 0 Å². The molecule has 1 fully saturated rings. The number of carbonyl (C=O) groups is 1. The lowest BCUT2D eigenvalue weighted by molar-refractivity contribution is 0.0358. The highest BCUT2D eigenvalue weighted by Gasteiger charge is 2.27. The number of carbonyl (C=O) groups excluding carboxylic acids is 1. The van der Waals surface area contributed by atoms with Gasteiger partial charge in [-0.3, -0.25) is 4.79 Å². The van der Waals surface area contributed by atoms with Crippen LogP contribution < -0.4 is 4.74 Å². The van der Waals surface area contributed by atoms with Crippen molar-refractivity contribution in [1.82, 2.24) is 4.90 Å². The van der Waals surface area contributed by atoms with E-state index in [2.05, 4.69) is 6.92 Å². The number of likely N-dealkylation sites (tertiary alicyclic amines) is 1. The highest BCUT2D eigenvalue weighted by atomic mass is 16.5. The van der Waals surface area contributed by atoms with Crippen LogP contribution >= 0.6 is 0 Å². The third kappa shape index (κ3) is 5.82. The average Bonchev–Trinajstić information content (AvgIpc) is 2.54. The minimum Gasteiger partial charge on any atom is -0.494 e. The van der Waals surface area contributed by atoms with Gasteiger partial charge >= 0.3 is 0 Å². The fraction of sp³-hybridized carbons (Fsp3) is 0.650. The molecule has 1 aliphatic rings. The number of unbranched alkanes of at least 4 members (excludes halogenated alkanes) is 1. The number of ether oxygens (including phenoxy) is 1. The predicted molar refractivity (Wildman–Crippen MR) is 96.4 cm³/mol. The fourth-order valence-electron chi connectivity index (χ4n) is 3.26. The number of amides is 1. The van der Waals surface area contributed by atoms with Gasteiger partial charge in [-0.2, -0.15) is 0 Å². The molecule has 1 aromatic rings. The smallest absolute Gasteiger partial charge is 0.253 e. The standard InChI is InChI=1S/C20H31NO3/c1-4-5-14-24-18-8-6-17(7-9-18)19(22)21-12-10-16(11-13-21)15-20(2,3)23/h6-9,16,23H,4-5,10-15H2,1-3H3. The summed E-state index contributed by atoms with van der Waals surface area (Å²) in [5, 5.41) is 9.93. The Hall–Kier alpha value is -1.55. The predicted octanol–water partition coefficient (Wildman–Crippen LogP) is 3.88. The number of rotatable bonds is 7. The molecule has 1 saturated heterocycles. The molecule has 0 bridgehead atoms. The molecule has 1 N–H and O–H groups in total. The van der Waals surface area contributed by atoms with Crippen molar-refractivity contribution in [3.05, 3.63) is 29.8 Å². The summed E-state index contributed by atoms with van der Waals surface area (Å²) in [7, 11) is 0. The van der Waals surface area contributed by atoms with Crippen molar-refractivity contribution in [2.45, 2.75) is 58.5 Å². The van der Waals surface area contributed by atoms with Crippen molar-refractivity contribution >= 4 is 5.91 Å². The van der Waals surface area contributed by atoms with Gasteiger partial charge in [0.15, 0.2) is 0 Å². The van der Waals surface area contributed by atoms with E-state index in [-0.39, 0.29) is 5.91 Å². The minimum atomic E-state index is -0.621. The second-order valence-electron chi connectivity index (χ2n) is 7.48. The molecule has 24 heavy (non-hydrogen) atoms. The van der Waals surface area contributed by atoms with E-state index in [4.69, 9.17) is 4.74 Å². The van der Waals surface area contributed by atoms with E-state index in [0.29, 0.717) is 5.92 Å². The van der Waals surface area contributed by atoms with Crippen LogP contribution in [-0.2, 0) is 0 Å². The molecule has 4 heteroatoms. The zero-order valence-electron chi connectivity index (χ0n) is 15.3. The molecule has 0 radical (unpaired) electrons. The van der Waals surface area contributed by atoms with Crippen LogP contribution in [0.4, 0.5) is 0 Å². The molecule has 134 valence electrons. The molecule has 0 aliphatic carbocycles. The number of aliphatic hydroxyl groups is 1. The zero-order chi connectivity index (χ0) is 17.6. The van der Waals surface area contributed by atoms with E-state index in [1.807, 2.05) is 43.0 Å². The van der Waals surface area contributed by atoms with E-state index in [1.54, 1.807) is 0 Å². The Labute approximate surface area is 145 Å². The molecule has 0 spiro atoms. The van der Waals surface area contributed by atoms with Crippen LogP contribution in [0.5, 0.6) is 5.75 Å². The Morgan fingerprint density at radius 2 is 1.88 bits per heavy atom. The maximum atomic E-state index is 12.6. The van der Waals surface area contributed by atoms with Gasteiger partial charge in [0.25, 0.3) is 5.91 Å². The van der Waals surface area contributed by atoms with Crippen LogP contribution in [0, 0.1) is 5.92 Å². The highest BCUT2D eigenvalue weighted by Crippen LogP contribution is 2.27. The third-order valence-electron chi connectivity index (χ3n) is 4.56. The summed E-state index contributed by atoms with van der Waals surface area (Å²) in [5.74, 6) is 1.42. The third-order valence-corrected chi connectivity index (χ3v) is 4.56. The lowest BCUT2D eigenvalue weighted by atomic mass is 9.86. The van der Waals surface area contributed by atoms with Crippen molar-refractivity contribution in [2.75, 3.05) is 19.7 Å². The number of benzene rings is 1. The molecule has 1 heterocycles. The Bertz CT molecular complexity index is 511. The monoisotopic (exact) mass is 333 g/mol. The van der Waals surface area contributed by atoms with E-state index >= 15 is 0 Å². The maximum Gasteiger partial charge on any atom is 0.253 e. The number of piperidine rings is 1. The fourth-order valence-corrected chi connectivity index (χ4v) is 3.26. The average molecular weight is 333 g/mol. The molecule has 0 atom stereocenters. The molecular weight excluding hydrogens is 302 g/mol. The second-order valence-corrected chi connectivity index (χ2v) is 7.48. The van der Waals surface area contributed by atoms with Crippen LogP contribution in [0.25, 0.3) is 0 Å². The molecule has 4 nitrogen and oxygen atoms in total. The van der Waals surface area contributed by atoms with Gasteiger partial charge in [-0.1, -0.05) is 13.3 Å². The van der Waals surface area contributed by atoms with Gasteiger partial charge in [0.05, 0.1) is 12.2 Å². The highest BCUT2D eigenvalue weighted by molar-refractivity contribution is 5.94. The Kier molecular flexibility index (Phi) is 6.67. The van der Waals surface area contributed by atoms with Crippen LogP contribution in [0.3, 0.4) is 0 Å². The first-order chi connectivity index (χ1) is 11.4. The summed E-state index contributed by atoms with van der Waals surface area (Å²) in [4.78, 5) is 14.5. The Morgan fingerprint density at radius 1 is 1.25 bits per heavy atom. The van der Waals surface area contributed by atoms with E-state index in [9.17, 15) is 9.90 Å². The molecule has 0 saturated carbocycles. The normalized spacial score (nSPS) is 16.2. The number of nitrogens with zero attached hydrogens (tertiary/aromatic N) is 1. The summed E-state index contributed by atoms with van der Waals surface area (Å²) >= 11 is 0. The van der Waals surface area contributed by atoms with Crippen molar-refractivity contribution in [2.24, 2.45) is 5.92 Å². The minimum absolute atomic E-state index is 0.0943. The topological polar surface area (TPSA) is 49.8 Å². The first-order valence-electron chi connectivity index (χ1n) is 9.13. The largest absolute Gasteiger partial charge is 0.494 e. The maximum absolute atomic E-state index is 12.6. The quantitative estimate of drug-likeness (QED) is 0.770. The van der Waals surface area contributed by atoms with E-state index in [0.717, 1.165) is 63.1 Å². The summed E-state index contributed by atoms with van der Waals surface area (Å²) in [6.07, 6.45) is 4.89. The Morgan fingerprint density at radius 3 is 2.42 bits per heavy atom. The van der Waals surface area contributed by atoms with Crippen LogP contribution in [0.1, 0.15) is 63.2 Å². The van der Waals surface area contributed by atoms with Gasteiger partial charge in [-0.15, -0.1) is 0 Å². The van der Waals surface area contributed by atoms with Gasteiger partial charge in [0, 0.05) is 18.7 Å². The molecular formula is C20H31NO3. The molecule has 1 aromatic carbocycles. The van der Waals surface area contributed by atoms with Gasteiger partial charge in [0.1, 0.15) is 5.75 Å². The van der Waals surface area contributed by atoms with Gasteiger partial charge in [-0.05, 0) is 69.7 Å². The molecule has 0 aromatic heterocycles. The second kappa shape index (κ2) is 8.52. The summed E-state index contributed by atoms with van der Waals surface area (Å²) in [5.41, 5.74) is 0.101. The van der Waals surface area contributed by atoms with Gasteiger partial charge in [-0.25, -0.2) is 0 Å². The zero-order valence-corrected chi connectivity index (χ0v) is 15.3. The lowest BCUT2D eigenvalue weighted by Gasteiger charge is -2.34. The number of hydrogen-bond acceptors (Lipinski definition) is 3. The first-order valence-corrected chi connectivity index (χ1v) is 9.13. The van der Waals surface area contributed by atoms with Gasteiger partial charge in [0.2, 0.25) is 0 Å². The summed E-state index contributed by atoms with van der Waals surface area (Å²) < 4.78 is 5.64. The van der Waals surface area contributed by atoms with E-state index < -0.39 is 5.60 Å². The van der Waals surface area contributed by atoms with E-state index in [1.165, 1.54) is 0 Å². The summed E-state index contributed by atoms with van der Waals surface area (Å²) in [6, 6.07) is 7.47. The van der Waals surface area contributed by atoms with Crippen LogP contribution in [-0.4, -0.2) is 41.2 Å². The molecule has 1 amide bonds. The van der Waals surface area contributed by atoms with Gasteiger partial charge < -0.3 is 14.7 Å². The number of hydrogen-bond donors (Lipinski definition) is 1. The molecule has 0 unspecified atom stereocenters. The lowest BCUT2D eigenvalue weighted by Crippen LogP contribution is -2.40. The van der Waals surface area contributed by atoms with Crippen molar-refractivity contribution < 1.29 is 14.6 Å². The van der Waals surface area contributed by atoms with Crippen LogP contribution in [0.15, 0.2) is 24.3 Å². The van der Waals surface area contributed by atoms with Crippen molar-refractivity contribution in [3.8, 4) is 5.75 Å². The summed E-state index contributed by atoms with van der Waals surface area (Å²) in [6.45, 7) is 8.11. The first kappa shape index (κ1) is 18.8. The van der Waals surface area contributed by atoms with Crippen LogP contribution in [0.2, 0.25) is 0 Å². The SMILES string of the molecule is CCCCOc1ccc(C(=O)N2CCC(CC(C)(C)O)CC2)cc1. The Balaban J connectivity index is 1.84.